The summed E-state index contributed by atoms with van der Waals surface area (Å²) in [6, 6.07) is 27.7. The van der Waals surface area contributed by atoms with E-state index in [4.69, 9.17) is 4.98 Å². The number of unbranched alkanes of at least 4 members (excludes halogenated alkanes) is 1. The molecule has 41 heavy (non-hydrogen) atoms. The van der Waals surface area contributed by atoms with Crippen LogP contribution in [0.5, 0.6) is 0 Å². The van der Waals surface area contributed by atoms with Crippen molar-refractivity contribution >= 4 is 34.9 Å². The number of hydrogen-bond acceptors (Lipinski definition) is 4. The molecule has 5 rings (SSSR count). The summed E-state index contributed by atoms with van der Waals surface area (Å²) in [5.41, 5.74) is 6.41. The highest BCUT2D eigenvalue weighted by atomic mass is 16.4. The van der Waals surface area contributed by atoms with Crippen LogP contribution in [0.15, 0.2) is 91.0 Å². The van der Waals surface area contributed by atoms with Crippen LogP contribution < -0.4 is 5.32 Å². The van der Waals surface area contributed by atoms with Crippen molar-refractivity contribution in [3.8, 4) is 11.1 Å². The average Bonchev–Trinajstić information content (AvgIpc) is 3.33. The Bertz CT molecular complexity index is 1720. The van der Waals surface area contributed by atoms with Gasteiger partial charge < -0.3 is 19.8 Å². The zero-order chi connectivity index (χ0) is 28.8. The van der Waals surface area contributed by atoms with Crippen LogP contribution >= 0.6 is 0 Å². The predicted octanol–water partition coefficient (Wildman–Crippen LogP) is 6.79. The maximum Gasteiger partial charge on any atom is 0.336 e. The van der Waals surface area contributed by atoms with Crippen molar-refractivity contribution in [2.45, 2.75) is 39.2 Å². The number of imidazole rings is 1. The monoisotopic (exact) mass is 545 g/mol. The third-order valence-electron chi connectivity index (χ3n) is 7.17. The molecule has 7 nitrogen and oxygen atoms in total. The molecule has 0 atom stereocenters. The van der Waals surface area contributed by atoms with Crippen molar-refractivity contribution < 1.29 is 19.5 Å². The van der Waals surface area contributed by atoms with Crippen LogP contribution in [-0.4, -0.2) is 32.8 Å². The Morgan fingerprint density at radius 2 is 1.66 bits per heavy atom. The van der Waals surface area contributed by atoms with Gasteiger partial charge in [-0.05, 0) is 59.0 Å². The first kappa shape index (κ1) is 27.5. The first-order valence-electron chi connectivity index (χ1n) is 13.7. The van der Waals surface area contributed by atoms with Gasteiger partial charge >= 0.3 is 5.97 Å². The standard InChI is InChI=1S/C34H31N3O4/c1-2-3-12-32-36-30-18-17-26(35-33(39)28-10-5-4-8-24(28)19-20-38)21-31(30)37(32)22-23-13-15-25(16-14-23)27-9-6-7-11-29(27)34(40)41/h4-11,13-18,20-21H,2-3,12,19,22H2,1H3,(H,35,39)(H,40,41). The molecule has 0 fully saturated rings. The third-order valence-corrected chi connectivity index (χ3v) is 7.17. The molecular formula is C34H31N3O4. The number of carbonyl (C=O) groups excluding carboxylic acids is 2. The number of hydrogen-bond donors (Lipinski definition) is 2. The number of benzene rings is 4. The van der Waals surface area contributed by atoms with E-state index in [0.717, 1.165) is 53.5 Å². The van der Waals surface area contributed by atoms with Crippen molar-refractivity contribution in [3.05, 3.63) is 119 Å². The van der Waals surface area contributed by atoms with Crippen molar-refractivity contribution in [2.75, 3.05) is 5.32 Å². The Balaban J connectivity index is 1.45. The quantitative estimate of drug-likeness (QED) is 0.178. The van der Waals surface area contributed by atoms with Crippen LogP contribution in [0, 0.1) is 0 Å². The number of aryl methyl sites for hydroxylation is 1. The summed E-state index contributed by atoms with van der Waals surface area (Å²) in [7, 11) is 0. The normalized spacial score (nSPS) is 11.0. The summed E-state index contributed by atoms with van der Waals surface area (Å²) >= 11 is 0. The number of rotatable bonds is 11. The van der Waals surface area contributed by atoms with Crippen molar-refractivity contribution in [2.24, 2.45) is 0 Å². The van der Waals surface area contributed by atoms with Crippen LogP contribution in [0.1, 0.15) is 57.4 Å². The minimum absolute atomic E-state index is 0.177. The third kappa shape index (κ3) is 6.09. The molecule has 0 aliphatic carbocycles. The van der Waals surface area contributed by atoms with E-state index in [2.05, 4.69) is 16.8 Å². The van der Waals surface area contributed by atoms with E-state index in [0.29, 0.717) is 28.9 Å². The first-order valence-corrected chi connectivity index (χ1v) is 13.7. The Labute approximate surface area is 238 Å². The van der Waals surface area contributed by atoms with Gasteiger partial charge in [0.2, 0.25) is 0 Å². The number of nitrogens with zero attached hydrogens (tertiary/aromatic N) is 2. The molecule has 0 aliphatic heterocycles. The molecule has 1 amide bonds. The second-order valence-corrected chi connectivity index (χ2v) is 9.95. The fourth-order valence-electron chi connectivity index (χ4n) is 5.05. The first-order chi connectivity index (χ1) is 20.0. The number of nitrogens with one attached hydrogen (secondary N) is 1. The molecule has 0 saturated heterocycles. The van der Waals surface area contributed by atoms with E-state index < -0.39 is 5.97 Å². The minimum atomic E-state index is -0.953. The molecule has 5 aromatic rings. The van der Waals surface area contributed by atoms with Gasteiger partial charge in [-0.2, -0.15) is 0 Å². The molecule has 0 unspecified atom stereocenters. The van der Waals surface area contributed by atoms with E-state index in [-0.39, 0.29) is 17.9 Å². The van der Waals surface area contributed by atoms with E-state index >= 15 is 0 Å². The number of anilines is 1. The molecule has 7 heteroatoms. The smallest absolute Gasteiger partial charge is 0.336 e. The molecule has 0 bridgehead atoms. The van der Waals surface area contributed by atoms with Crippen LogP contribution in [0.3, 0.4) is 0 Å². The number of aromatic nitrogens is 2. The molecule has 0 radical (unpaired) electrons. The van der Waals surface area contributed by atoms with Crippen LogP contribution in [0.2, 0.25) is 0 Å². The predicted molar refractivity (Wildman–Crippen MR) is 160 cm³/mol. The van der Waals surface area contributed by atoms with Crippen LogP contribution in [0.25, 0.3) is 22.2 Å². The van der Waals surface area contributed by atoms with Gasteiger partial charge in [-0.3, -0.25) is 4.79 Å². The van der Waals surface area contributed by atoms with Gasteiger partial charge in [0.15, 0.2) is 0 Å². The van der Waals surface area contributed by atoms with Gasteiger partial charge in [0.25, 0.3) is 5.91 Å². The topological polar surface area (TPSA) is 101 Å². The largest absolute Gasteiger partial charge is 0.478 e. The molecule has 0 saturated carbocycles. The fraction of sp³-hybridized carbons (Fsp3) is 0.176. The van der Waals surface area contributed by atoms with Crippen molar-refractivity contribution in [3.63, 3.8) is 0 Å². The van der Waals surface area contributed by atoms with Crippen molar-refractivity contribution in [1.29, 1.82) is 0 Å². The summed E-state index contributed by atoms with van der Waals surface area (Å²) in [4.78, 5) is 40.8. The van der Waals surface area contributed by atoms with Gasteiger partial charge in [0.1, 0.15) is 12.1 Å². The Kier molecular flexibility index (Phi) is 8.34. The Morgan fingerprint density at radius 3 is 2.39 bits per heavy atom. The number of fused-ring (bicyclic) bond motifs is 1. The lowest BCUT2D eigenvalue weighted by atomic mass is 9.99. The molecule has 0 spiro atoms. The number of amides is 1. The highest BCUT2D eigenvalue weighted by molar-refractivity contribution is 6.06. The number of aromatic carboxylic acids is 1. The van der Waals surface area contributed by atoms with E-state index in [1.807, 2.05) is 60.7 Å². The molecule has 2 N–H and O–H groups in total. The lowest BCUT2D eigenvalue weighted by Gasteiger charge is -2.12. The average molecular weight is 546 g/mol. The van der Waals surface area contributed by atoms with Gasteiger partial charge in [-0.15, -0.1) is 0 Å². The SMILES string of the molecule is CCCCc1nc2ccc(NC(=O)c3ccccc3CC=O)cc2n1Cc1ccc(-c2ccccc2C(=O)O)cc1. The van der Waals surface area contributed by atoms with E-state index in [9.17, 15) is 19.5 Å². The van der Waals surface area contributed by atoms with E-state index in [1.165, 1.54) is 0 Å². The molecule has 206 valence electrons. The Hall–Kier alpha value is -5.04. The number of carbonyl (C=O) groups is 3. The van der Waals surface area contributed by atoms with Gasteiger partial charge in [-0.25, -0.2) is 9.78 Å². The molecule has 1 heterocycles. The minimum Gasteiger partial charge on any atom is -0.478 e. The fourth-order valence-corrected chi connectivity index (χ4v) is 5.05. The maximum absolute atomic E-state index is 13.1. The summed E-state index contributed by atoms with van der Waals surface area (Å²) < 4.78 is 2.18. The van der Waals surface area contributed by atoms with Crippen LogP contribution in [0.4, 0.5) is 5.69 Å². The number of carboxylic acid groups (broad SMARTS) is 1. The summed E-state index contributed by atoms with van der Waals surface area (Å²) in [6.45, 7) is 2.73. The highest BCUT2D eigenvalue weighted by Gasteiger charge is 2.16. The summed E-state index contributed by atoms with van der Waals surface area (Å²) in [6.07, 6.45) is 3.85. The van der Waals surface area contributed by atoms with Gasteiger partial charge in [-0.1, -0.05) is 74.0 Å². The van der Waals surface area contributed by atoms with Crippen LogP contribution in [-0.2, 0) is 24.2 Å². The number of aldehydes is 1. The molecule has 0 aliphatic rings. The highest BCUT2D eigenvalue weighted by Crippen LogP contribution is 2.27. The second-order valence-electron chi connectivity index (χ2n) is 9.95. The summed E-state index contributed by atoms with van der Waals surface area (Å²) in [5.74, 6) is -0.247. The lowest BCUT2D eigenvalue weighted by molar-refractivity contribution is -0.107. The van der Waals surface area contributed by atoms with Gasteiger partial charge in [0, 0.05) is 30.6 Å². The second kappa shape index (κ2) is 12.4. The lowest BCUT2D eigenvalue weighted by Crippen LogP contribution is -2.14. The molecular weight excluding hydrogens is 514 g/mol. The zero-order valence-corrected chi connectivity index (χ0v) is 22.8. The van der Waals surface area contributed by atoms with Crippen molar-refractivity contribution in [1.82, 2.24) is 9.55 Å². The van der Waals surface area contributed by atoms with E-state index in [1.54, 1.807) is 30.3 Å². The zero-order valence-electron chi connectivity index (χ0n) is 22.8. The summed E-state index contributed by atoms with van der Waals surface area (Å²) in [5, 5.41) is 12.6. The number of carboxylic acids is 1. The molecule has 1 aromatic heterocycles. The van der Waals surface area contributed by atoms with Gasteiger partial charge in [0.05, 0.1) is 16.6 Å². The molecule has 4 aromatic carbocycles. The maximum atomic E-state index is 13.1. The Morgan fingerprint density at radius 1 is 0.927 bits per heavy atom.